The van der Waals surface area contributed by atoms with Crippen LogP contribution in [0.3, 0.4) is 0 Å². The van der Waals surface area contributed by atoms with Crippen molar-refractivity contribution in [2.24, 2.45) is 5.92 Å². The molecule has 2 heterocycles. The van der Waals surface area contributed by atoms with Crippen molar-refractivity contribution in [1.82, 2.24) is 0 Å². The molecule has 2 aliphatic heterocycles. The Morgan fingerprint density at radius 1 is 1.38 bits per heavy atom. The van der Waals surface area contributed by atoms with Gasteiger partial charge in [-0.2, -0.15) is 0 Å². The molecule has 132 valence electrons. The number of carbonyl (C=O) groups is 1. The number of nitrogens with zero attached hydrogens (tertiary/aromatic N) is 1. The van der Waals surface area contributed by atoms with E-state index in [-0.39, 0.29) is 30.0 Å². The molecular formula is C19H27ClNO3+. The highest BCUT2D eigenvalue weighted by Crippen LogP contribution is 2.51. The van der Waals surface area contributed by atoms with Crippen LogP contribution in [0.5, 0.6) is 0 Å². The molecule has 5 heteroatoms. The second-order valence-corrected chi connectivity index (χ2v) is 8.06. The molecule has 6 atom stereocenters. The van der Waals surface area contributed by atoms with Crippen LogP contribution in [0.2, 0.25) is 5.02 Å². The number of aliphatic hydroxyl groups excluding tert-OH is 1. The summed E-state index contributed by atoms with van der Waals surface area (Å²) in [6.07, 6.45) is 2.69. The van der Waals surface area contributed by atoms with Gasteiger partial charge in [-0.05, 0) is 24.6 Å². The molecule has 3 rings (SSSR count). The first-order valence-corrected chi connectivity index (χ1v) is 9.11. The zero-order valence-corrected chi connectivity index (χ0v) is 15.4. The summed E-state index contributed by atoms with van der Waals surface area (Å²) in [5.41, 5.74) is 1.16. The number of hydrogen-bond acceptors (Lipinski definition) is 3. The quantitative estimate of drug-likeness (QED) is 0.669. The maximum Gasteiger partial charge on any atom is 0.315 e. The van der Waals surface area contributed by atoms with Crippen LogP contribution < -0.4 is 0 Å². The van der Waals surface area contributed by atoms with E-state index in [0.29, 0.717) is 17.6 Å². The monoisotopic (exact) mass is 352 g/mol. The molecule has 0 spiro atoms. The highest BCUT2D eigenvalue weighted by molar-refractivity contribution is 6.30. The molecule has 2 aliphatic rings. The maximum atomic E-state index is 12.7. The summed E-state index contributed by atoms with van der Waals surface area (Å²) in [7, 11) is 3.67. The van der Waals surface area contributed by atoms with Crippen LogP contribution in [0, 0.1) is 5.92 Å². The van der Waals surface area contributed by atoms with Crippen molar-refractivity contribution < 1.29 is 19.1 Å². The molecule has 1 aromatic carbocycles. The number of benzene rings is 1. The third-order valence-corrected chi connectivity index (χ3v) is 6.44. The molecule has 1 aromatic rings. The van der Waals surface area contributed by atoms with Crippen LogP contribution in [-0.2, 0) is 9.53 Å². The molecule has 0 aromatic heterocycles. The van der Waals surface area contributed by atoms with Crippen LogP contribution in [0.1, 0.15) is 37.7 Å². The van der Waals surface area contributed by atoms with Crippen LogP contribution in [0.25, 0.3) is 0 Å². The van der Waals surface area contributed by atoms with Gasteiger partial charge in [0.1, 0.15) is 24.6 Å². The number of hydrogen-bond donors (Lipinski definition) is 1. The topological polar surface area (TPSA) is 46.5 Å². The molecule has 4 nitrogen and oxygen atoms in total. The van der Waals surface area contributed by atoms with E-state index in [1.807, 2.05) is 31.2 Å². The molecule has 1 N–H and O–H groups in total. The van der Waals surface area contributed by atoms with Crippen LogP contribution in [-0.4, -0.2) is 54.4 Å². The minimum atomic E-state index is -0.372. The van der Waals surface area contributed by atoms with Gasteiger partial charge in [0.25, 0.3) is 0 Å². The first-order chi connectivity index (χ1) is 11.4. The fourth-order valence-electron chi connectivity index (χ4n) is 5.20. The average Bonchev–Trinajstić information content (AvgIpc) is 2.73. The first-order valence-electron chi connectivity index (χ1n) is 8.73. The van der Waals surface area contributed by atoms with Crippen LogP contribution in [0.15, 0.2) is 24.3 Å². The van der Waals surface area contributed by atoms with E-state index >= 15 is 0 Å². The highest BCUT2D eigenvalue weighted by atomic mass is 35.5. The lowest BCUT2D eigenvalue weighted by atomic mass is 9.74. The summed E-state index contributed by atoms with van der Waals surface area (Å²) < 4.78 is 5.96. The first kappa shape index (κ1) is 17.7. The number of quaternary nitrogens is 1. The molecule has 0 saturated carbocycles. The Morgan fingerprint density at radius 3 is 2.62 bits per heavy atom. The van der Waals surface area contributed by atoms with Gasteiger partial charge in [0.15, 0.2) is 0 Å². The van der Waals surface area contributed by atoms with Crippen molar-refractivity contribution in [2.75, 3.05) is 20.7 Å². The fraction of sp³-hybridized carbons (Fsp3) is 0.632. The van der Waals surface area contributed by atoms with Gasteiger partial charge in [0.05, 0.1) is 20.2 Å². The fourth-order valence-corrected chi connectivity index (χ4v) is 5.33. The van der Waals surface area contributed by atoms with Gasteiger partial charge >= 0.3 is 5.97 Å². The third-order valence-electron chi connectivity index (χ3n) is 6.19. The number of likely N-dealkylation sites (N-methyl/N-ethyl adjacent to an activating group) is 1. The summed E-state index contributed by atoms with van der Waals surface area (Å²) in [5, 5.41) is 10.7. The molecular weight excluding hydrogens is 326 g/mol. The van der Waals surface area contributed by atoms with E-state index in [1.165, 1.54) is 7.11 Å². The third kappa shape index (κ3) is 2.96. The minimum absolute atomic E-state index is 0.129. The molecule has 24 heavy (non-hydrogen) atoms. The highest BCUT2D eigenvalue weighted by Gasteiger charge is 2.59. The lowest BCUT2D eigenvalue weighted by Crippen LogP contribution is -2.64. The second-order valence-electron chi connectivity index (χ2n) is 7.62. The van der Waals surface area contributed by atoms with Gasteiger partial charge in [0, 0.05) is 30.2 Å². The summed E-state index contributed by atoms with van der Waals surface area (Å²) in [6.45, 7) is 2.53. The van der Waals surface area contributed by atoms with Crippen molar-refractivity contribution in [3.05, 3.63) is 34.9 Å². The Balaban J connectivity index is 1.98. The summed E-state index contributed by atoms with van der Waals surface area (Å²) in [5.74, 6) is -0.138. The Kier molecular flexibility index (Phi) is 4.92. The standard InChI is InChI=1S/C19H27ClNO3/c1-12(22)11-21(2)15-8-9-17(21)18(19(23)24-3)16(10-15)13-4-6-14(20)7-5-13/h4-7,12,15-18,22H,8-11H2,1-3H3/q+1/t12?,15?,16-,17?,18+,21?/m1/s1. The van der Waals surface area contributed by atoms with Gasteiger partial charge in [-0.15, -0.1) is 0 Å². The number of aliphatic hydroxyl groups is 1. The Bertz CT molecular complexity index is 603. The normalized spacial score (nSPS) is 36.4. The second kappa shape index (κ2) is 6.66. The number of rotatable bonds is 4. The van der Waals surface area contributed by atoms with Gasteiger partial charge in [0.2, 0.25) is 0 Å². The van der Waals surface area contributed by atoms with Crippen molar-refractivity contribution in [1.29, 1.82) is 0 Å². The summed E-state index contributed by atoms with van der Waals surface area (Å²) in [4.78, 5) is 12.7. The van der Waals surface area contributed by atoms with Crippen LogP contribution in [0.4, 0.5) is 0 Å². The Morgan fingerprint density at radius 2 is 2.04 bits per heavy atom. The van der Waals surface area contributed by atoms with Crippen molar-refractivity contribution >= 4 is 17.6 Å². The summed E-state index contributed by atoms with van der Waals surface area (Å²) in [6, 6.07) is 8.54. The number of ether oxygens (including phenoxy) is 1. The molecule has 2 fully saturated rings. The lowest BCUT2D eigenvalue weighted by Gasteiger charge is -2.50. The van der Waals surface area contributed by atoms with Gasteiger partial charge in [-0.25, -0.2) is 0 Å². The number of halogens is 1. The van der Waals surface area contributed by atoms with E-state index in [2.05, 4.69) is 7.05 Å². The number of fused-ring (bicyclic) bond motifs is 2. The molecule has 4 unspecified atom stereocenters. The van der Waals surface area contributed by atoms with Crippen LogP contribution >= 0.6 is 11.6 Å². The molecule has 2 bridgehead atoms. The Hall–Kier alpha value is -1.10. The SMILES string of the molecule is COC(=O)[C@@H]1C2CCC(C[C@@H]1c1ccc(Cl)cc1)[N+]2(C)CC(C)O. The van der Waals surface area contributed by atoms with E-state index in [9.17, 15) is 9.90 Å². The zero-order chi connectivity index (χ0) is 17.5. The number of carbonyl (C=O) groups excluding carboxylic acids is 1. The van der Waals surface area contributed by atoms with Crippen molar-refractivity contribution in [3.8, 4) is 0 Å². The largest absolute Gasteiger partial charge is 0.469 e. The number of piperidine rings is 1. The zero-order valence-electron chi connectivity index (χ0n) is 14.6. The van der Waals surface area contributed by atoms with Gasteiger partial charge < -0.3 is 14.3 Å². The van der Waals surface area contributed by atoms with E-state index < -0.39 is 0 Å². The van der Waals surface area contributed by atoms with Crippen molar-refractivity contribution in [2.45, 2.75) is 50.3 Å². The van der Waals surface area contributed by atoms with E-state index in [4.69, 9.17) is 16.3 Å². The molecule has 0 aliphatic carbocycles. The van der Waals surface area contributed by atoms with E-state index in [0.717, 1.165) is 29.3 Å². The predicted molar refractivity (Wildman–Crippen MR) is 93.9 cm³/mol. The molecule has 2 saturated heterocycles. The number of esters is 1. The van der Waals surface area contributed by atoms with Gasteiger partial charge in [-0.1, -0.05) is 23.7 Å². The van der Waals surface area contributed by atoms with E-state index in [1.54, 1.807) is 0 Å². The number of methoxy groups -OCH3 is 1. The lowest BCUT2D eigenvalue weighted by molar-refractivity contribution is -0.953. The Labute approximate surface area is 149 Å². The maximum absolute atomic E-state index is 12.7. The van der Waals surface area contributed by atoms with Crippen molar-refractivity contribution in [3.63, 3.8) is 0 Å². The summed E-state index contributed by atoms with van der Waals surface area (Å²) >= 11 is 6.03. The minimum Gasteiger partial charge on any atom is -0.469 e. The molecule has 0 radical (unpaired) electrons. The van der Waals surface area contributed by atoms with Gasteiger partial charge in [-0.3, -0.25) is 4.79 Å². The average molecular weight is 353 g/mol. The smallest absolute Gasteiger partial charge is 0.315 e. The predicted octanol–water partition coefficient (Wildman–Crippen LogP) is 2.97. The molecule has 0 amide bonds.